The van der Waals surface area contributed by atoms with E-state index < -0.39 is 0 Å². The van der Waals surface area contributed by atoms with Crippen LogP contribution in [0.5, 0.6) is 0 Å². The molecule has 1 unspecified atom stereocenters. The van der Waals surface area contributed by atoms with E-state index in [0.717, 1.165) is 18.9 Å². The average Bonchev–Trinajstić information content (AvgIpc) is 2.65. The van der Waals surface area contributed by atoms with Crippen molar-refractivity contribution in [2.24, 2.45) is 5.92 Å². The van der Waals surface area contributed by atoms with Crippen molar-refractivity contribution in [2.45, 2.75) is 46.2 Å². The van der Waals surface area contributed by atoms with Crippen molar-refractivity contribution in [2.75, 3.05) is 7.05 Å². The second kappa shape index (κ2) is 5.96. The lowest BCUT2D eigenvalue weighted by atomic mass is 10.1. The molecule has 2 nitrogen and oxygen atoms in total. The number of aromatic nitrogens is 1. The van der Waals surface area contributed by atoms with Crippen LogP contribution in [0.3, 0.4) is 0 Å². The first-order chi connectivity index (χ1) is 7.17. The van der Waals surface area contributed by atoms with Crippen LogP contribution in [0.2, 0.25) is 0 Å². The Bertz CT molecular complexity index is 272. The fourth-order valence-corrected chi connectivity index (χ4v) is 1.82. The maximum Gasteiger partial charge on any atom is 0.0329 e. The molecule has 1 aromatic heterocycles. The molecule has 0 aliphatic heterocycles. The van der Waals surface area contributed by atoms with Crippen LogP contribution in [-0.2, 0) is 6.54 Å². The molecule has 1 heterocycles. The van der Waals surface area contributed by atoms with E-state index >= 15 is 0 Å². The molecule has 0 radical (unpaired) electrons. The fraction of sp³-hybridized carbons (Fsp3) is 0.692. The van der Waals surface area contributed by atoms with E-state index in [1.54, 1.807) is 0 Å². The van der Waals surface area contributed by atoms with E-state index in [1.807, 2.05) is 7.05 Å². The van der Waals surface area contributed by atoms with Crippen LogP contribution in [0, 0.1) is 5.92 Å². The number of rotatable bonds is 6. The molecule has 0 saturated heterocycles. The molecule has 0 aliphatic carbocycles. The zero-order valence-electron chi connectivity index (χ0n) is 10.5. The standard InChI is InChI=1S/C13H24N2/c1-5-13(14-4)12-7-9-15(10-12)8-6-11(2)3/h7,9-11,13-14H,5-6,8H2,1-4H3. The summed E-state index contributed by atoms with van der Waals surface area (Å²) in [6.45, 7) is 7.89. The summed E-state index contributed by atoms with van der Waals surface area (Å²) in [7, 11) is 2.03. The van der Waals surface area contributed by atoms with Gasteiger partial charge in [-0.25, -0.2) is 0 Å². The van der Waals surface area contributed by atoms with Gasteiger partial charge < -0.3 is 9.88 Å². The Balaban J connectivity index is 2.55. The number of nitrogens with one attached hydrogen (secondary N) is 1. The average molecular weight is 208 g/mol. The fourth-order valence-electron chi connectivity index (χ4n) is 1.82. The second-order valence-electron chi connectivity index (χ2n) is 4.61. The highest BCUT2D eigenvalue weighted by molar-refractivity contribution is 5.15. The lowest BCUT2D eigenvalue weighted by Crippen LogP contribution is -2.14. The van der Waals surface area contributed by atoms with Gasteiger partial charge in [0.25, 0.3) is 0 Å². The molecule has 15 heavy (non-hydrogen) atoms. The Kier molecular flexibility index (Phi) is 4.89. The number of hydrogen-bond acceptors (Lipinski definition) is 1. The minimum absolute atomic E-state index is 0.505. The molecule has 0 amide bonds. The molecule has 1 aromatic rings. The third-order valence-corrected chi connectivity index (χ3v) is 2.90. The predicted octanol–water partition coefficient (Wildman–Crippen LogP) is 3.20. The molecule has 0 bridgehead atoms. The van der Waals surface area contributed by atoms with E-state index in [4.69, 9.17) is 0 Å². The lowest BCUT2D eigenvalue weighted by Gasteiger charge is -2.11. The molecule has 0 spiro atoms. The summed E-state index contributed by atoms with van der Waals surface area (Å²) in [6, 6.07) is 2.73. The summed E-state index contributed by atoms with van der Waals surface area (Å²) in [6.07, 6.45) is 6.86. The highest BCUT2D eigenvalue weighted by atomic mass is 14.9. The van der Waals surface area contributed by atoms with Crippen molar-refractivity contribution in [1.82, 2.24) is 9.88 Å². The van der Waals surface area contributed by atoms with Crippen LogP contribution in [-0.4, -0.2) is 11.6 Å². The van der Waals surface area contributed by atoms with Crippen molar-refractivity contribution < 1.29 is 0 Å². The van der Waals surface area contributed by atoms with Gasteiger partial charge in [0.05, 0.1) is 0 Å². The number of aryl methyl sites for hydroxylation is 1. The summed E-state index contributed by atoms with van der Waals surface area (Å²) in [5.41, 5.74) is 1.41. The molecular formula is C13H24N2. The third kappa shape index (κ3) is 3.71. The van der Waals surface area contributed by atoms with E-state index in [-0.39, 0.29) is 0 Å². The predicted molar refractivity (Wildman–Crippen MR) is 66.0 cm³/mol. The largest absolute Gasteiger partial charge is 0.354 e. The first-order valence-electron chi connectivity index (χ1n) is 6.00. The molecule has 0 fully saturated rings. The molecule has 1 atom stereocenters. The molecular weight excluding hydrogens is 184 g/mol. The molecule has 0 aliphatic rings. The van der Waals surface area contributed by atoms with Gasteiger partial charge in [-0.05, 0) is 37.4 Å². The van der Waals surface area contributed by atoms with Gasteiger partial charge in [-0.3, -0.25) is 0 Å². The Labute approximate surface area is 93.7 Å². The van der Waals surface area contributed by atoms with Gasteiger partial charge in [0.1, 0.15) is 0 Å². The Morgan fingerprint density at radius 1 is 1.40 bits per heavy atom. The SMILES string of the molecule is CCC(NC)c1ccn(CCC(C)C)c1. The normalized spacial score (nSPS) is 13.4. The maximum absolute atomic E-state index is 3.33. The highest BCUT2D eigenvalue weighted by Crippen LogP contribution is 2.16. The topological polar surface area (TPSA) is 17.0 Å². The quantitative estimate of drug-likeness (QED) is 0.759. The van der Waals surface area contributed by atoms with Crippen molar-refractivity contribution >= 4 is 0 Å². The second-order valence-corrected chi connectivity index (χ2v) is 4.61. The summed E-state index contributed by atoms with van der Waals surface area (Å²) in [5.74, 6) is 0.780. The van der Waals surface area contributed by atoms with E-state index in [1.165, 1.54) is 12.0 Å². The third-order valence-electron chi connectivity index (χ3n) is 2.90. The zero-order chi connectivity index (χ0) is 11.3. The number of nitrogens with zero attached hydrogens (tertiary/aromatic N) is 1. The Hall–Kier alpha value is -0.760. The smallest absolute Gasteiger partial charge is 0.0329 e. The van der Waals surface area contributed by atoms with Crippen LogP contribution >= 0.6 is 0 Å². The van der Waals surface area contributed by atoms with Crippen LogP contribution in [0.1, 0.15) is 45.2 Å². The number of hydrogen-bond donors (Lipinski definition) is 1. The van der Waals surface area contributed by atoms with Crippen LogP contribution < -0.4 is 5.32 Å². The summed E-state index contributed by atoms with van der Waals surface area (Å²) in [4.78, 5) is 0. The van der Waals surface area contributed by atoms with Gasteiger partial charge in [-0.1, -0.05) is 20.8 Å². The highest BCUT2D eigenvalue weighted by Gasteiger charge is 2.07. The van der Waals surface area contributed by atoms with Crippen LogP contribution in [0.15, 0.2) is 18.5 Å². The van der Waals surface area contributed by atoms with Gasteiger partial charge >= 0.3 is 0 Å². The Morgan fingerprint density at radius 2 is 2.13 bits per heavy atom. The monoisotopic (exact) mass is 208 g/mol. The van der Waals surface area contributed by atoms with E-state index in [2.05, 4.69) is 49.1 Å². The van der Waals surface area contributed by atoms with Gasteiger partial charge in [0.2, 0.25) is 0 Å². The first kappa shape index (κ1) is 12.3. The van der Waals surface area contributed by atoms with Gasteiger partial charge in [-0.2, -0.15) is 0 Å². The molecule has 86 valence electrons. The van der Waals surface area contributed by atoms with Gasteiger partial charge in [-0.15, -0.1) is 0 Å². The van der Waals surface area contributed by atoms with Gasteiger partial charge in [0.15, 0.2) is 0 Å². The minimum atomic E-state index is 0.505. The van der Waals surface area contributed by atoms with Crippen LogP contribution in [0.25, 0.3) is 0 Å². The summed E-state index contributed by atoms with van der Waals surface area (Å²) in [5, 5.41) is 3.33. The molecule has 0 aromatic carbocycles. The van der Waals surface area contributed by atoms with E-state index in [9.17, 15) is 0 Å². The van der Waals surface area contributed by atoms with Crippen molar-refractivity contribution in [3.63, 3.8) is 0 Å². The molecule has 1 rings (SSSR count). The van der Waals surface area contributed by atoms with Crippen molar-refractivity contribution in [3.8, 4) is 0 Å². The molecule has 1 N–H and O–H groups in total. The lowest BCUT2D eigenvalue weighted by molar-refractivity contribution is 0.514. The first-order valence-corrected chi connectivity index (χ1v) is 6.00. The minimum Gasteiger partial charge on any atom is -0.354 e. The molecule has 2 heteroatoms. The summed E-state index contributed by atoms with van der Waals surface area (Å²) >= 11 is 0. The Morgan fingerprint density at radius 3 is 2.67 bits per heavy atom. The molecule has 0 saturated carbocycles. The van der Waals surface area contributed by atoms with Gasteiger partial charge in [0, 0.05) is 25.0 Å². The maximum atomic E-state index is 3.33. The van der Waals surface area contributed by atoms with E-state index in [0.29, 0.717) is 6.04 Å². The van der Waals surface area contributed by atoms with Crippen molar-refractivity contribution in [3.05, 3.63) is 24.0 Å². The zero-order valence-corrected chi connectivity index (χ0v) is 10.5. The summed E-state index contributed by atoms with van der Waals surface area (Å²) < 4.78 is 2.30. The van der Waals surface area contributed by atoms with Crippen molar-refractivity contribution in [1.29, 1.82) is 0 Å². The van der Waals surface area contributed by atoms with Crippen LogP contribution in [0.4, 0.5) is 0 Å².